The molecule has 4 rings (SSSR count). The van der Waals surface area contributed by atoms with E-state index in [4.69, 9.17) is 9.57 Å². The third-order valence-electron chi connectivity index (χ3n) is 5.24. The van der Waals surface area contributed by atoms with Crippen LogP contribution < -0.4 is 14.5 Å². The number of oxime groups is 1. The van der Waals surface area contributed by atoms with E-state index in [1.165, 1.54) is 6.33 Å². The van der Waals surface area contributed by atoms with Crippen LogP contribution in [0.15, 0.2) is 41.4 Å². The van der Waals surface area contributed by atoms with Crippen LogP contribution in [0.25, 0.3) is 0 Å². The number of rotatable bonds is 7. The second kappa shape index (κ2) is 9.82. The zero-order chi connectivity index (χ0) is 21.6. The summed E-state index contributed by atoms with van der Waals surface area (Å²) < 4.78 is 6.18. The quantitative estimate of drug-likeness (QED) is 0.406. The second-order valence-corrected chi connectivity index (χ2v) is 8.35. The predicted octanol–water partition coefficient (Wildman–Crippen LogP) is 4.05. The highest BCUT2D eigenvalue weighted by Crippen LogP contribution is 2.26. The van der Waals surface area contributed by atoms with Gasteiger partial charge < -0.3 is 14.5 Å². The fourth-order valence-electron chi connectivity index (χ4n) is 3.30. The number of hydrogen-bond donors (Lipinski definition) is 0. The monoisotopic (exact) mass is 438 g/mol. The van der Waals surface area contributed by atoms with E-state index in [0.29, 0.717) is 11.8 Å². The van der Waals surface area contributed by atoms with E-state index < -0.39 is 0 Å². The molecule has 0 aromatic carbocycles. The number of thiophene rings is 1. The summed E-state index contributed by atoms with van der Waals surface area (Å²) in [6.45, 7) is 7.58. The molecule has 0 bridgehead atoms. The third kappa shape index (κ3) is 5.16. The van der Waals surface area contributed by atoms with Gasteiger partial charge in [-0.2, -0.15) is 4.98 Å². The van der Waals surface area contributed by atoms with E-state index in [1.807, 2.05) is 43.8 Å². The fraction of sp³-hybridized carbons (Fsp3) is 0.409. The van der Waals surface area contributed by atoms with Gasteiger partial charge in [-0.15, -0.1) is 11.3 Å². The molecule has 162 valence electrons. The lowest BCUT2D eigenvalue weighted by molar-refractivity contribution is 0.160. The maximum Gasteiger partial charge on any atom is 0.258 e. The summed E-state index contributed by atoms with van der Waals surface area (Å²) in [6, 6.07) is 3.99. The van der Waals surface area contributed by atoms with Crippen LogP contribution in [0.4, 0.5) is 5.95 Å². The molecule has 1 aliphatic rings. The highest BCUT2D eigenvalue weighted by molar-refractivity contribution is 7.12. The maximum atomic E-state index is 6.18. The van der Waals surface area contributed by atoms with Gasteiger partial charge in [0.05, 0.1) is 16.2 Å². The molecule has 1 fully saturated rings. The number of piperidine rings is 1. The van der Waals surface area contributed by atoms with Crippen LogP contribution in [0.5, 0.6) is 11.8 Å². The fourth-order valence-corrected chi connectivity index (χ4v) is 3.96. The zero-order valence-electron chi connectivity index (χ0n) is 18.0. The average molecular weight is 439 g/mol. The van der Waals surface area contributed by atoms with Crippen molar-refractivity contribution in [2.75, 3.05) is 18.0 Å². The van der Waals surface area contributed by atoms with Crippen molar-refractivity contribution in [3.63, 3.8) is 0 Å². The molecule has 0 amide bonds. The van der Waals surface area contributed by atoms with Gasteiger partial charge in [-0.25, -0.2) is 15.0 Å². The molecule has 3 aromatic rings. The Morgan fingerprint density at radius 2 is 1.90 bits per heavy atom. The van der Waals surface area contributed by atoms with Gasteiger partial charge in [0.2, 0.25) is 11.8 Å². The lowest BCUT2D eigenvalue weighted by Gasteiger charge is -2.32. The molecule has 0 N–H and O–H groups in total. The zero-order valence-corrected chi connectivity index (χ0v) is 18.8. The predicted molar refractivity (Wildman–Crippen MR) is 121 cm³/mol. The summed E-state index contributed by atoms with van der Waals surface area (Å²) in [5.41, 5.74) is 2.69. The summed E-state index contributed by atoms with van der Waals surface area (Å²) in [7, 11) is 0. The molecule has 1 saturated heterocycles. The van der Waals surface area contributed by atoms with Crippen molar-refractivity contribution in [1.82, 2.24) is 19.9 Å². The Labute approximate surface area is 186 Å². The number of ether oxygens (including phenoxy) is 1. The second-order valence-electron chi connectivity index (χ2n) is 7.40. The molecule has 0 aliphatic carbocycles. The largest absolute Gasteiger partial charge is 0.474 e. The van der Waals surface area contributed by atoms with E-state index in [0.717, 1.165) is 60.0 Å². The van der Waals surface area contributed by atoms with E-state index >= 15 is 0 Å². The van der Waals surface area contributed by atoms with Crippen LogP contribution in [-0.2, 0) is 6.42 Å². The van der Waals surface area contributed by atoms with Gasteiger partial charge in [-0.1, -0.05) is 18.1 Å². The van der Waals surface area contributed by atoms with Crippen molar-refractivity contribution in [2.45, 2.75) is 46.1 Å². The van der Waals surface area contributed by atoms with Crippen molar-refractivity contribution >= 4 is 23.0 Å². The van der Waals surface area contributed by atoms with Gasteiger partial charge in [-0.3, -0.25) is 0 Å². The molecule has 8 nitrogen and oxygen atoms in total. The molecule has 0 unspecified atom stereocenters. The van der Waals surface area contributed by atoms with Crippen LogP contribution in [0.2, 0.25) is 0 Å². The van der Waals surface area contributed by atoms with E-state index in [1.54, 1.807) is 11.3 Å². The number of hydrogen-bond acceptors (Lipinski definition) is 9. The van der Waals surface area contributed by atoms with Gasteiger partial charge >= 0.3 is 0 Å². The molecule has 9 heteroatoms. The highest BCUT2D eigenvalue weighted by atomic mass is 32.1. The van der Waals surface area contributed by atoms with Gasteiger partial charge in [0, 0.05) is 38.3 Å². The Morgan fingerprint density at radius 3 is 2.58 bits per heavy atom. The third-order valence-corrected chi connectivity index (χ3v) is 6.22. The van der Waals surface area contributed by atoms with Crippen molar-refractivity contribution in [3.05, 3.63) is 52.2 Å². The van der Waals surface area contributed by atoms with Crippen LogP contribution in [0.3, 0.4) is 0 Å². The Morgan fingerprint density at radius 1 is 1.16 bits per heavy atom. The Balaban J connectivity index is 1.35. The standard InChI is InChI=1S/C22H26N6O2S/c1-4-17-12-23-22(24-13-17)28-9-7-18(8-10-28)29-20-15(2)21(26-14-25-20)30-27-16(3)19-6-5-11-31-19/h5-6,11-14,18H,4,7-10H2,1-3H3. The minimum Gasteiger partial charge on any atom is -0.474 e. The molecule has 0 spiro atoms. The smallest absolute Gasteiger partial charge is 0.258 e. The van der Waals surface area contributed by atoms with E-state index in [-0.39, 0.29) is 6.10 Å². The number of aryl methyl sites for hydroxylation is 1. The van der Waals surface area contributed by atoms with Crippen LogP contribution in [0.1, 0.15) is 42.7 Å². The lowest BCUT2D eigenvalue weighted by atomic mass is 10.1. The number of nitrogens with zero attached hydrogens (tertiary/aromatic N) is 6. The summed E-state index contributed by atoms with van der Waals surface area (Å²) in [5, 5.41) is 6.21. The molecule has 0 atom stereocenters. The number of anilines is 1. The lowest BCUT2D eigenvalue weighted by Crippen LogP contribution is -2.39. The maximum absolute atomic E-state index is 6.18. The van der Waals surface area contributed by atoms with Crippen LogP contribution >= 0.6 is 11.3 Å². The van der Waals surface area contributed by atoms with Gasteiger partial charge in [-0.05, 0) is 37.3 Å². The summed E-state index contributed by atoms with van der Waals surface area (Å²) in [6.07, 6.45) is 8.01. The first-order valence-corrected chi connectivity index (χ1v) is 11.3. The Hall–Kier alpha value is -3.07. The topological polar surface area (TPSA) is 85.6 Å². The van der Waals surface area contributed by atoms with Gasteiger partial charge in [0.25, 0.3) is 5.88 Å². The first-order chi connectivity index (χ1) is 15.1. The van der Waals surface area contributed by atoms with E-state index in [2.05, 4.69) is 36.9 Å². The first kappa shape index (κ1) is 21.2. The molecule has 4 heterocycles. The minimum atomic E-state index is 0.0731. The molecule has 0 radical (unpaired) electrons. The van der Waals surface area contributed by atoms with Crippen molar-refractivity contribution in [3.8, 4) is 11.8 Å². The first-order valence-electron chi connectivity index (χ1n) is 10.4. The summed E-state index contributed by atoms with van der Waals surface area (Å²) in [4.78, 5) is 26.3. The number of aromatic nitrogens is 4. The van der Waals surface area contributed by atoms with Gasteiger partial charge in [0.1, 0.15) is 12.4 Å². The van der Waals surface area contributed by atoms with E-state index in [9.17, 15) is 0 Å². The summed E-state index contributed by atoms with van der Waals surface area (Å²) in [5.74, 6) is 1.72. The van der Waals surface area contributed by atoms with Crippen LogP contribution in [0, 0.1) is 6.92 Å². The molecular weight excluding hydrogens is 412 g/mol. The Bertz CT molecular complexity index is 1010. The van der Waals surface area contributed by atoms with Crippen LogP contribution in [-0.4, -0.2) is 44.8 Å². The van der Waals surface area contributed by atoms with Crippen molar-refractivity contribution in [1.29, 1.82) is 0 Å². The van der Waals surface area contributed by atoms with Crippen molar-refractivity contribution < 1.29 is 9.57 Å². The minimum absolute atomic E-state index is 0.0731. The molecular formula is C22H26N6O2S. The molecule has 0 saturated carbocycles. The summed E-state index contributed by atoms with van der Waals surface area (Å²) >= 11 is 1.62. The molecule has 1 aliphatic heterocycles. The molecule has 3 aromatic heterocycles. The highest BCUT2D eigenvalue weighted by Gasteiger charge is 2.24. The average Bonchev–Trinajstić information content (AvgIpc) is 3.35. The van der Waals surface area contributed by atoms with Gasteiger partial charge in [0.15, 0.2) is 0 Å². The normalized spacial score (nSPS) is 15.2. The molecule has 31 heavy (non-hydrogen) atoms. The Kier molecular flexibility index (Phi) is 6.71. The van der Waals surface area contributed by atoms with Crippen molar-refractivity contribution in [2.24, 2.45) is 5.16 Å². The SMILES string of the molecule is CCc1cnc(N2CCC(Oc3ncnc(ON=C(C)c4cccs4)c3C)CC2)nc1.